The maximum absolute atomic E-state index is 11.6. The van der Waals surface area contributed by atoms with Gasteiger partial charge in [-0.2, -0.15) is 0 Å². The van der Waals surface area contributed by atoms with E-state index in [4.69, 9.17) is 0 Å². The van der Waals surface area contributed by atoms with Crippen LogP contribution in [0.15, 0.2) is 0 Å². The van der Waals surface area contributed by atoms with Crippen molar-refractivity contribution >= 4 is 11.8 Å². The smallest absolute Gasteiger partial charge is 0.242 e. The molecule has 0 aliphatic heterocycles. The quantitative estimate of drug-likeness (QED) is 0.632. The molecule has 0 heterocycles. The van der Waals surface area contributed by atoms with Gasteiger partial charge in [0.15, 0.2) is 0 Å². The third kappa shape index (κ3) is 4.18. The summed E-state index contributed by atoms with van der Waals surface area (Å²) in [5.41, 5.74) is 0. The van der Waals surface area contributed by atoms with E-state index in [1.807, 2.05) is 0 Å². The number of amides is 2. The van der Waals surface area contributed by atoms with Gasteiger partial charge in [0.05, 0.1) is 6.10 Å². The Bertz CT molecular complexity index is 260. The average Bonchev–Trinajstić information content (AvgIpc) is 2.20. The van der Waals surface area contributed by atoms with Gasteiger partial charge in [-0.25, -0.2) is 0 Å². The summed E-state index contributed by atoms with van der Waals surface area (Å²) in [4.78, 5) is 22.4. The Morgan fingerprint density at radius 3 is 2.31 bits per heavy atom. The zero-order valence-electron chi connectivity index (χ0n) is 9.82. The van der Waals surface area contributed by atoms with Crippen LogP contribution in [0, 0.1) is 0 Å². The Morgan fingerprint density at radius 2 is 1.81 bits per heavy atom. The molecule has 0 aromatic carbocycles. The lowest BCUT2D eigenvalue weighted by Gasteiger charge is -2.27. The minimum atomic E-state index is -0.496. The fraction of sp³-hybridized carbons (Fsp3) is 0.818. The van der Waals surface area contributed by atoms with E-state index in [1.54, 1.807) is 6.92 Å². The highest BCUT2D eigenvalue weighted by atomic mass is 16.3. The molecule has 2 amide bonds. The molecule has 3 N–H and O–H groups in total. The Balaban J connectivity index is 2.31. The van der Waals surface area contributed by atoms with E-state index >= 15 is 0 Å². The molecule has 0 aromatic rings. The summed E-state index contributed by atoms with van der Waals surface area (Å²) in [6.45, 7) is 3.05. The average molecular weight is 228 g/mol. The first kappa shape index (κ1) is 13.0. The zero-order valence-corrected chi connectivity index (χ0v) is 9.82. The van der Waals surface area contributed by atoms with Crippen LogP contribution in [-0.4, -0.2) is 35.1 Å². The van der Waals surface area contributed by atoms with Gasteiger partial charge in [0.2, 0.25) is 11.8 Å². The molecule has 5 heteroatoms. The molecular formula is C11H20N2O3. The molecule has 1 aliphatic carbocycles. The molecule has 1 unspecified atom stereocenters. The topological polar surface area (TPSA) is 78.4 Å². The molecule has 0 bridgehead atoms. The SMILES string of the molecule is CC(=O)NC(C)C(=O)NC1CCC(O)CC1. The summed E-state index contributed by atoms with van der Waals surface area (Å²) in [5.74, 6) is -0.363. The van der Waals surface area contributed by atoms with E-state index in [1.165, 1.54) is 6.92 Å². The maximum atomic E-state index is 11.6. The minimum absolute atomic E-state index is 0.132. The molecule has 5 nitrogen and oxygen atoms in total. The molecule has 1 saturated carbocycles. The van der Waals surface area contributed by atoms with Crippen LogP contribution in [-0.2, 0) is 9.59 Å². The van der Waals surface area contributed by atoms with Gasteiger partial charge < -0.3 is 15.7 Å². The van der Waals surface area contributed by atoms with Gasteiger partial charge >= 0.3 is 0 Å². The lowest BCUT2D eigenvalue weighted by atomic mass is 9.93. The van der Waals surface area contributed by atoms with E-state index in [-0.39, 0.29) is 24.0 Å². The second-order valence-corrected chi connectivity index (χ2v) is 4.44. The molecule has 0 spiro atoms. The minimum Gasteiger partial charge on any atom is -0.393 e. The number of nitrogens with one attached hydrogen (secondary N) is 2. The summed E-state index contributed by atoms with van der Waals surface area (Å²) in [7, 11) is 0. The number of hydrogen-bond acceptors (Lipinski definition) is 3. The molecule has 0 saturated heterocycles. The number of hydrogen-bond donors (Lipinski definition) is 3. The van der Waals surface area contributed by atoms with Crippen LogP contribution < -0.4 is 10.6 Å². The van der Waals surface area contributed by atoms with Crippen molar-refractivity contribution in [2.75, 3.05) is 0 Å². The first-order valence-corrected chi connectivity index (χ1v) is 5.74. The van der Waals surface area contributed by atoms with Crippen molar-refractivity contribution in [3.63, 3.8) is 0 Å². The highest BCUT2D eigenvalue weighted by Crippen LogP contribution is 2.18. The van der Waals surface area contributed by atoms with Crippen molar-refractivity contribution in [3.8, 4) is 0 Å². The van der Waals surface area contributed by atoms with Crippen molar-refractivity contribution in [2.45, 2.75) is 57.7 Å². The number of carbonyl (C=O) groups is 2. The van der Waals surface area contributed by atoms with Crippen molar-refractivity contribution in [2.24, 2.45) is 0 Å². The van der Waals surface area contributed by atoms with Gasteiger partial charge in [-0.1, -0.05) is 0 Å². The van der Waals surface area contributed by atoms with Gasteiger partial charge in [-0.3, -0.25) is 9.59 Å². The fourth-order valence-corrected chi connectivity index (χ4v) is 1.92. The lowest BCUT2D eigenvalue weighted by molar-refractivity contribution is -0.128. The first-order valence-electron chi connectivity index (χ1n) is 5.74. The normalized spacial score (nSPS) is 26.9. The molecule has 0 radical (unpaired) electrons. The van der Waals surface area contributed by atoms with Gasteiger partial charge in [0.25, 0.3) is 0 Å². The molecule has 1 rings (SSSR count). The monoisotopic (exact) mass is 228 g/mol. The number of aliphatic hydroxyl groups excluding tert-OH is 1. The van der Waals surface area contributed by atoms with Crippen molar-refractivity contribution in [3.05, 3.63) is 0 Å². The third-order valence-electron chi connectivity index (χ3n) is 2.86. The van der Waals surface area contributed by atoms with Crippen molar-refractivity contribution in [1.82, 2.24) is 10.6 Å². The Labute approximate surface area is 95.6 Å². The van der Waals surface area contributed by atoms with Gasteiger partial charge in [0.1, 0.15) is 6.04 Å². The second kappa shape index (κ2) is 5.84. The maximum Gasteiger partial charge on any atom is 0.242 e. The van der Waals surface area contributed by atoms with E-state index in [0.29, 0.717) is 0 Å². The van der Waals surface area contributed by atoms with Crippen LogP contribution in [0.4, 0.5) is 0 Å². The zero-order chi connectivity index (χ0) is 12.1. The standard InChI is InChI=1S/C11H20N2O3/c1-7(12-8(2)14)11(16)13-9-3-5-10(15)6-4-9/h7,9-10,15H,3-6H2,1-2H3,(H,12,14)(H,13,16). The Morgan fingerprint density at radius 1 is 1.25 bits per heavy atom. The van der Waals surface area contributed by atoms with Crippen LogP contribution in [0.2, 0.25) is 0 Å². The van der Waals surface area contributed by atoms with E-state index in [0.717, 1.165) is 25.7 Å². The molecule has 0 aromatic heterocycles. The molecular weight excluding hydrogens is 208 g/mol. The predicted octanol–water partition coefficient (Wildman–Crippen LogP) is -0.0693. The van der Waals surface area contributed by atoms with Crippen LogP contribution in [0.3, 0.4) is 0 Å². The summed E-state index contributed by atoms with van der Waals surface area (Å²) in [5, 5.41) is 14.7. The van der Waals surface area contributed by atoms with Crippen LogP contribution in [0.5, 0.6) is 0 Å². The summed E-state index contributed by atoms with van der Waals surface area (Å²) in [6.07, 6.45) is 2.86. The molecule has 16 heavy (non-hydrogen) atoms. The third-order valence-corrected chi connectivity index (χ3v) is 2.86. The van der Waals surface area contributed by atoms with E-state index in [2.05, 4.69) is 10.6 Å². The van der Waals surface area contributed by atoms with Gasteiger partial charge in [-0.15, -0.1) is 0 Å². The molecule has 92 valence electrons. The summed E-state index contributed by atoms with van der Waals surface area (Å²) >= 11 is 0. The van der Waals surface area contributed by atoms with E-state index in [9.17, 15) is 14.7 Å². The highest BCUT2D eigenvalue weighted by molar-refractivity contribution is 5.86. The van der Waals surface area contributed by atoms with Crippen LogP contribution in [0.1, 0.15) is 39.5 Å². The van der Waals surface area contributed by atoms with Crippen molar-refractivity contribution in [1.29, 1.82) is 0 Å². The Kier molecular flexibility index (Phi) is 4.73. The highest BCUT2D eigenvalue weighted by Gasteiger charge is 2.22. The molecule has 1 fully saturated rings. The van der Waals surface area contributed by atoms with Crippen molar-refractivity contribution < 1.29 is 14.7 Å². The molecule has 1 atom stereocenters. The lowest BCUT2D eigenvalue weighted by Crippen LogP contribution is -2.48. The van der Waals surface area contributed by atoms with Crippen LogP contribution >= 0.6 is 0 Å². The number of aliphatic hydroxyl groups is 1. The van der Waals surface area contributed by atoms with Gasteiger partial charge in [-0.05, 0) is 32.6 Å². The van der Waals surface area contributed by atoms with E-state index < -0.39 is 6.04 Å². The largest absolute Gasteiger partial charge is 0.393 e. The second-order valence-electron chi connectivity index (χ2n) is 4.44. The Hall–Kier alpha value is -1.10. The van der Waals surface area contributed by atoms with Crippen LogP contribution in [0.25, 0.3) is 0 Å². The van der Waals surface area contributed by atoms with Gasteiger partial charge in [0, 0.05) is 13.0 Å². The summed E-state index contributed by atoms with van der Waals surface area (Å²) < 4.78 is 0. The number of rotatable bonds is 3. The molecule has 1 aliphatic rings. The predicted molar refractivity (Wildman–Crippen MR) is 59.7 cm³/mol. The first-order chi connectivity index (χ1) is 7.49. The summed E-state index contributed by atoms with van der Waals surface area (Å²) in [6, 6.07) is -0.364. The fourth-order valence-electron chi connectivity index (χ4n) is 1.92. The number of carbonyl (C=O) groups excluding carboxylic acids is 2.